The number of aromatic nitrogens is 2. The fourth-order valence-corrected chi connectivity index (χ4v) is 2.77. The minimum absolute atomic E-state index is 0.164. The van der Waals surface area contributed by atoms with Crippen LogP contribution in [0, 0.1) is 13.8 Å². The van der Waals surface area contributed by atoms with Crippen molar-refractivity contribution in [2.75, 3.05) is 0 Å². The molecule has 0 aliphatic heterocycles. The number of rotatable bonds is 3. The number of carbonyl (C=O) groups excluding carboxylic acids is 1. The molecule has 0 aliphatic carbocycles. The van der Waals surface area contributed by atoms with Gasteiger partial charge in [-0.2, -0.15) is 0 Å². The summed E-state index contributed by atoms with van der Waals surface area (Å²) in [6.45, 7) is 4.18. The van der Waals surface area contributed by atoms with E-state index in [1.807, 2.05) is 50.2 Å². The summed E-state index contributed by atoms with van der Waals surface area (Å²) in [6.07, 6.45) is 0. The van der Waals surface area contributed by atoms with Crippen molar-refractivity contribution >= 4 is 27.9 Å². The number of carbonyl (C=O) groups is 1. The van der Waals surface area contributed by atoms with Crippen molar-refractivity contribution < 1.29 is 9.21 Å². The van der Waals surface area contributed by atoms with E-state index in [4.69, 9.17) is 4.42 Å². The van der Waals surface area contributed by atoms with E-state index in [-0.39, 0.29) is 5.91 Å². The Morgan fingerprint density at radius 3 is 2.56 bits per heavy atom. The van der Waals surface area contributed by atoms with E-state index >= 15 is 0 Å². The fraction of sp³-hybridized carbons (Fsp3) is 0.150. The summed E-state index contributed by atoms with van der Waals surface area (Å²) in [5.74, 6) is 0.559. The first-order chi connectivity index (χ1) is 12.1. The number of para-hydroxylation sites is 1. The van der Waals surface area contributed by atoms with Crippen molar-refractivity contribution in [1.82, 2.24) is 15.3 Å². The summed E-state index contributed by atoms with van der Waals surface area (Å²) in [4.78, 5) is 21.4. The average molecular weight is 331 g/mol. The van der Waals surface area contributed by atoms with Crippen molar-refractivity contribution in [3.8, 4) is 0 Å². The molecule has 0 radical (unpaired) electrons. The fourth-order valence-electron chi connectivity index (χ4n) is 2.77. The van der Waals surface area contributed by atoms with E-state index in [0.717, 1.165) is 39.2 Å². The van der Waals surface area contributed by atoms with Crippen LogP contribution in [-0.2, 0) is 6.54 Å². The molecule has 4 rings (SSSR count). The number of nitrogens with zero attached hydrogens (tertiary/aromatic N) is 2. The normalized spacial score (nSPS) is 11.1. The van der Waals surface area contributed by atoms with Crippen LogP contribution in [0.3, 0.4) is 0 Å². The van der Waals surface area contributed by atoms with Gasteiger partial charge >= 0.3 is 0 Å². The third kappa shape index (κ3) is 2.96. The van der Waals surface area contributed by atoms with E-state index in [9.17, 15) is 4.79 Å². The first-order valence-corrected chi connectivity index (χ1v) is 8.11. The molecular weight excluding hydrogens is 314 g/mol. The second-order valence-corrected chi connectivity index (χ2v) is 6.03. The van der Waals surface area contributed by atoms with Crippen LogP contribution >= 0.6 is 0 Å². The maximum atomic E-state index is 12.4. The molecule has 1 amide bonds. The first-order valence-electron chi connectivity index (χ1n) is 8.11. The molecule has 25 heavy (non-hydrogen) atoms. The molecule has 0 aliphatic rings. The number of fused-ring (bicyclic) bond motifs is 2. The number of furan rings is 1. The predicted octanol–water partition coefficient (Wildman–Crippen LogP) is 3.92. The molecule has 0 bridgehead atoms. The number of hydrogen-bond acceptors (Lipinski definition) is 4. The summed E-state index contributed by atoms with van der Waals surface area (Å²) in [6, 6.07) is 15.1. The van der Waals surface area contributed by atoms with Crippen molar-refractivity contribution in [3.63, 3.8) is 0 Å². The SMILES string of the molecule is Cc1nc2ccc(C(=O)NCc3cc4ccccc4o3)cc2nc1C. The number of amides is 1. The van der Waals surface area contributed by atoms with Gasteiger partial charge in [0.15, 0.2) is 0 Å². The van der Waals surface area contributed by atoms with Gasteiger partial charge in [-0.15, -0.1) is 0 Å². The van der Waals surface area contributed by atoms with E-state index in [0.29, 0.717) is 12.1 Å². The monoisotopic (exact) mass is 331 g/mol. The third-order valence-electron chi connectivity index (χ3n) is 4.24. The number of nitrogens with one attached hydrogen (secondary N) is 1. The van der Waals surface area contributed by atoms with Crippen molar-refractivity contribution in [2.45, 2.75) is 20.4 Å². The largest absolute Gasteiger partial charge is 0.459 e. The highest BCUT2D eigenvalue weighted by Crippen LogP contribution is 2.19. The van der Waals surface area contributed by atoms with Crippen molar-refractivity contribution in [1.29, 1.82) is 0 Å². The van der Waals surface area contributed by atoms with Crippen LogP contribution in [0.15, 0.2) is 52.9 Å². The van der Waals surface area contributed by atoms with Crippen molar-refractivity contribution in [3.05, 3.63) is 71.2 Å². The minimum Gasteiger partial charge on any atom is -0.459 e. The minimum atomic E-state index is -0.164. The van der Waals surface area contributed by atoms with Gasteiger partial charge in [-0.1, -0.05) is 18.2 Å². The lowest BCUT2D eigenvalue weighted by Crippen LogP contribution is -2.22. The highest BCUT2D eigenvalue weighted by atomic mass is 16.3. The lowest BCUT2D eigenvalue weighted by Gasteiger charge is -2.06. The van der Waals surface area contributed by atoms with Gasteiger partial charge in [0.05, 0.1) is 29.0 Å². The number of benzene rings is 2. The van der Waals surface area contributed by atoms with Crippen LogP contribution in [-0.4, -0.2) is 15.9 Å². The molecule has 2 aromatic carbocycles. The molecule has 2 heterocycles. The van der Waals surface area contributed by atoms with E-state index in [2.05, 4.69) is 15.3 Å². The zero-order valence-electron chi connectivity index (χ0n) is 14.0. The maximum Gasteiger partial charge on any atom is 0.251 e. The number of hydrogen-bond donors (Lipinski definition) is 1. The van der Waals surface area contributed by atoms with Crippen LogP contribution in [0.2, 0.25) is 0 Å². The third-order valence-corrected chi connectivity index (χ3v) is 4.24. The van der Waals surface area contributed by atoms with Gasteiger partial charge in [-0.3, -0.25) is 4.79 Å². The molecule has 0 fully saturated rings. The van der Waals surface area contributed by atoms with Gasteiger partial charge in [-0.25, -0.2) is 9.97 Å². The van der Waals surface area contributed by atoms with Crippen LogP contribution in [0.4, 0.5) is 0 Å². The Morgan fingerprint density at radius 2 is 1.76 bits per heavy atom. The first kappa shape index (κ1) is 15.3. The zero-order valence-corrected chi connectivity index (χ0v) is 14.0. The summed E-state index contributed by atoms with van der Waals surface area (Å²) in [7, 11) is 0. The molecule has 2 aromatic heterocycles. The molecular formula is C20H17N3O2. The smallest absolute Gasteiger partial charge is 0.251 e. The van der Waals surface area contributed by atoms with Gasteiger partial charge < -0.3 is 9.73 Å². The van der Waals surface area contributed by atoms with E-state index in [1.165, 1.54) is 0 Å². The van der Waals surface area contributed by atoms with Crippen LogP contribution < -0.4 is 5.32 Å². The summed E-state index contributed by atoms with van der Waals surface area (Å²) in [5, 5.41) is 3.91. The number of aryl methyl sites for hydroxylation is 2. The highest BCUT2D eigenvalue weighted by molar-refractivity contribution is 5.97. The Kier molecular flexibility index (Phi) is 3.69. The quantitative estimate of drug-likeness (QED) is 0.618. The van der Waals surface area contributed by atoms with Gasteiger partial charge in [0.2, 0.25) is 0 Å². The lowest BCUT2D eigenvalue weighted by molar-refractivity contribution is 0.0948. The van der Waals surface area contributed by atoms with Gasteiger partial charge in [0.25, 0.3) is 5.91 Å². The Balaban J connectivity index is 1.54. The van der Waals surface area contributed by atoms with Crippen molar-refractivity contribution in [2.24, 2.45) is 0 Å². The van der Waals surface area contributed by atoms with Gasteiger partial charge in [0, 0.05) is 10.9 Å². The molecule has 0 saturated carbocycles. The molecule has 0 spiro atoms. The standard InChI is InChI=1S/C20H17N3O2/c1-12-13(2)23-18-10-15(7-8-17(18)22-12)20(24)21-11-16-9-14-5-3-4-6-19(14)25-16/h3-10H,11H2,1-2H3,(H,21,24). The summed E-state index contributed by atoms with van der Waals surface area (Å²) >= 11 is 0. The Hall–Kier alpha value is -3.21. The Morgan fingerprint density at radius 1 is 1.00 bits per heavy atom. The summed E-state index contributed by atoms with van der Waals surface area (Å²) in [5.41, 5.74) is 4.65. The lowest BCUT2D eigenvalue weighted by atomic mass is 10.1. The zero-order chi connectivity index (χ0) is 17.4. The van der Waals surface area contributed by atoms with E-state index in [1.54, 1.807) is 12.1 Å². The van der Waals surface area contributed by atoms with Gasteiger partial charge in [0.1, 0.15) is 11.3 Å². The molecule has 4 aromatic rings. The second-order valence-electron chi connectivity index (χ2n) is 6.03. The molecule has 5 heteroatoms. The Labute approximate surface area is 144 Å². The topological polar surface area (TPSA) is 68.0 Å². The molecule has 0 atom stereocenters. The molecule has 1 N–H and O–H groups in total. The highest BCUT2D eigenvalue weighted by Gasteiger charge is 2.10. The van der Waals surface area contributed by atoms with Crippen LogP contribution in [0.5, 0.6) is 0 Å². The maximum absolute atomic E-state index is 12.4. The molecule has 5 nitrogen and oxygen atoms in total. The molecule has 0 saturated heterocycles. The predicted molar refractivity (Wildman–Crippen MR) is 96.4 cm³/mol. The van der Waals surface area contributed by atoms with E-state index < -0.39 is 0 Å². The summed E-state index contributed by atoms with van der Waals surface area (Å²) < 4.78 is 5.72. The Bertz CT molecular complexity index is 1070. The molecule has 124 valence electrons. The average Bonchev–Trinajstić information content (AvgIpc) is 3.03. The van der Waals surface area contributed by atoms with Gasteiger partial charge in [-0.05, 0) is 44.2 Å². The second kappa shape index (κ2) is 6.02. The van der Waals surface area contributed by atoms with Crippen LogP contribution in [0.1, 0.15) is 27.5 Å². The van der Waals surface area contributed by atoms with Crippen LogP contribution in [0.25, 0.3) is 22.0 Å². The molecule has 0 unspecified atom stereocenters.